The number of hydrogen-bond donors (Lipinski definition) is 2. The summed E-state index contributed by atoms with van der Waals surface area (Å²) in [5.74, 6) is 5.38. The second-order valence-electron chi connectivity index (χ2n) is 4.27. The number of nitrogens with two attached hydrogens (primary N) is 1. The van der Waals surface area contributed by atoms with Gasteiger partial charge in [0.05, 0.1) is 6.04 Å². The first-order valence-corrected chi connectivity index (χ1v) is 6.87. The molecule has 0 aliphatic rings. The Bertz CT molecular complexity index is 604. The fraction of sp³-hybridized carbons (Fsp3) is 0.143. The lowest BCUT2D eigenvalue weighted by Crippen LogP contribution is -2.29. The first-order chi connectivity index (χ1) is 9.02. The van der Waals surface area contributed by atoms with Gasteiger partial charge in [0.15, 0.2) is 0 Å². The van der Waals surface area contributed by atoms with Crippen molar-refractivity contribution in [3.63, 3.8) is 0 Å². The van der Waals surface area contributed by atoms with Crippen LogP contribution in [0.2, 0.25) is 5.02 Å². The summed E-state index contributed by atoms with van der Waals surface area (Å²) < 4.78 is 14.1. The van der Waals surface area contributed by atoms with Crippen molar-refractivity contribution < 1.29 is 4.39 Å². The van der Waals surface area contributed by atoms with Crippen LogP contribution in [0.1, 0.15) is 22.7 Å². The number of benzene rings is 2. The molecular weight excluding hydrogens is 331 g/mol. The van der Waals surface area contributed by atoms with Gasteiger partial charge in [-0.05, 0) is 53.9 Å². The summed E-state index contributed by atoms with van der Waals surface area (Å²) in [5.41, 5.74) is 5.29. The van der Waals surface area contributed by atoms with E-state index in [0.29, 0.717) is 5.02 Å². The zero-order valence-electron chi connectivity index (χ0n) is 10.3. The number of hydrogen-bond acceptors (Lipinski definition) is 2. The maximum Gasteiger partial charge on any atom is 0.123 e. The van der Waals surface area contributed by atoms with Crippen molar-refractivity contribution >= 4 is 27.5 Å². The Morgan fingerprint density at radius 3 is 2.58 bits per heavy atom. The lowest BCUT2D eigenvalue weighted by atomic mass is 9.95. The Labute approximate surface area is 124 Å². The molecule has 1 unspecified atom stereocenters. The predicted octanol–water partition coefficient (Wildman–Crippen LogP) is 4.10. The Balaban J connectivity index is 2.52. The van der Waals surface area contributed by atoms with E-state index in [9.17, 15) is 4.39 Å². The molecule has 2 nitrogen and oxygen atoms in total. The monoisotopic (exact) mass is 342 g/mol. The molecule has 0 saturated carbocycles. The van der Waals surface area contributed by atoms with Gasteiger partial charge in [-0.15, -0.1) is 0 Å². The molecule has 2 rings (SSSR count). The smallest absolute Gasteiger partial charge is 0.123 e. The maximum atomic E-state index is 13.2. The minimum Gasteiger partial charge on any atom is -0.271 e. The first-order valence-electron chi connectivity index (χ1n) is 5.70. The van der Waals surface area contributed by atoms with Gasteiger partial charge in [-0.2, -0.15) is 0 Å². The third kappa shape index (κ3) is 3.15. The van der Waals surface area contributed by atoms with Crippen molar-refractivity contribution in [1.82, 2.24) is 5.43 Å². The maximum absolute atomic E-state index is 13.2. The summed E-state index contributed by atoms with van der Waals surface area (Å²) in [6, 6.07) is 9.87. The summed E-state index contributed by atoms with van der Waals surface area (Å²) in [5, 5.41) is 0.606. The minimum absolute atomic E-state index is 0.266. The Morgan fingerprint density at radius 2 is 1.95 bits per heavy atom. The molecule has 0 heterocycles. The molecule has 0 spiro atoms. The van der Waals surface area contributed by atoms with E-state index in [4.69, 9.17) is 17.4 Å². The molecule has 2 aromatic rings. The fourth-order valence-corrected chi connectivity index (χ4v) is 2.65. The molecule has 0 saturated heterocycles. The van der Waals surface area contributed by atoms with Crippen LogP contribution in [0.4, 0.5) is 4.39 Å². The zero-order valence-corrected chi connectivity index (χ0v) is 12.6. The molecule has 3 N–H and O–H groups in total. The number of halogens is 3. The van der Waals surface area contributed by atoms with Crippen LogP contribution in [0.25, 0.3) is 0 Å². The molecule has 1 atom stereocenters. The highest BCUT2D eigenvalue weighted by molar-refractivity contribution is 9.10. The quantitative estimate of drug-likeness (QED) is 0.650. The van der Waals surface area contributed by atoms with Crippen LogP contribution in [0, 0.1) is 12.7 Å². The van der Waals surface area contributed by atoms with Gasteiger partial charge in [0.1, 0.15) is 5.82 Å². The Hall–Kier alpha value is -0.940. The van der Waals surface area contributed by atoms with Crippen LogP contribution >= 0.6 is 27.5 Å². The average molecular weight is 344 g/mol. The van der Waals surface area contributed by atoms with E-state index in [0.717, 1.165) is 21.2 Å². The van der Waals surface area contributed by atoms with Gasteiger partial charge in [0, 0.05) is 9.50 Å². The summed E-state index contributed by atoms with van der Waals surface area (Å²) in [7, 11) is 0. The first kappa shape index (κ1) is 14.5. The zero-order chi connectivity index (χ0) is 14.0. The van der Waals surface area contributed by atoms with Gasteiger partial charge < -0.3 is 0 Å². The van der Waals surface area contributed by atoms with Crippen molar-refractivity contribution in [1.29, 1.82) is 0 Å². The molecule has 0 fully saturated rings. The highest BCUT2D eigenvalue weighted by Crippen LogP contribution is 2.31. The van der Waals surface area contributed by atoms with Crippen LogP contribution in [0.15, 0.2) is 40.9 Å². The van der Waals surface area contributed by atoms with Gasteiger partial charge in [0.2, 0.25) is 0 Å². The second kappa shape index (κ2) is 6.01. The molecule has 19 heavy (non-hydrogen) atoms. The van der Waals surface area contributed by atoms with E-state index >= 15 is 0 Å². The summed E-state index contributed by atoms with van der Waals surface area (Å²) in [6.45, 7) is 1.84. The number of rotatable bonds is 3. The average Bonchev–Trinajstić information content (AvgIpc) is 2.36. The van der Waals surface area contributed by atoms with Crippen molar-refractivity contribution in [2.75, 3.05) is 0 Å². The normalized spacial score (nSPS) is 12.5. The molecule has 0 bridgehead atoms. The molecule has 5 heteroatoms. The van der Waals surface area contributed by atoms with Gasteiger partial charge in [0.25, 0.3) is 0 Å². The van der Waals surface area contributed by atoms with E-state index in [1.54, 1.807) is 12.1 Å². The lowest BCUT2D eigenvalue weighted by Gasteiger charge is -2.20. The molecule has 100 valence electrons. The van der Waals surface area contributed by atoms with E-state index in [1.807, 2.05) is 19.1 Å². The van der Waals surface area contributed by atoms with E-state index in [-0.39, 0.29) is 11.9 Å². The van der Waals surface area contributed by atoms with Crippen LogP contribution in [0.3, 0.4) is 0 Å². The third-order valence-corrected chi connectivity index (χ3v) is 3.82. The Kier molecular flexibility index (Phi) is 4.58. The summed E-state index contributed by atoms with van der Waals surface area (Å²) in [6.07, 6.45) is 0. The predicted molar refractivity (Wildman–Crippen MR) is 79.5 cm³/mol. The van der Waals surface area contributed by atoms with E-state index < -0.39 is 0 Å². The van der Waals surface area contributed by atoms with Crippen molar-refractivity contribution in [3.05, 3.63) is 68.4 Å². The summed E-state index contributed by atoms with van der Waals surface area (Å²) in [4.78, 5) is 0. The van der Waals surface area contributed by atoms with E-state index in [1.165, 1.54) is 12.1 Å². The van der Waals surface area contributed by atoms with Crippen LogP contribution < -0.4 is 11.3 Å². The molecule has 0 aliphatic carbocycles. The minimum atomic E-state index is -0.286. The topological polar surface area (TPSA) is 38.0 Å². The molecular formula is C14H13BrClFN2. The standard InChI is InChI=1S/C14H13BrClFN2/c1-8-6-10(17)3-4-11(8)14(19-18)12-7-9(15)2-5-13(12)16/h2-7,14,19H,18H2,1H3. The van der Waals surface area contributed by atoms with Crippen molar-refractivity contribution in [2.24, 2.45) is 5.84 Å². The van der Waals surface area contributed by atoms with Gasteiger partial charge in [-0.25, -0.2) is 9.82 Å². The molecule has 0 radical (unpaired) electrons. The highest BCUT2D eigenvalue weighted by Gasteiger charge is 2.18. The van der Waals surface area contributed by atoms with Crippen LogP contribution in [0.5, 0.6) is 0 Å². The third-order valence-electron chi connectivity index (χ3n) is 2.98. The largest absolute Gasteiger partial charge is 0.271 e. The number of hydrazine groups is 1. The van der Waals surface area contributed by atoms with Crippen LogP contribution in [-0.2, 0) is 0 Å². The lowest BCUT2D eigenvalue weighted by molar-refractivity contribution is 0.612. The van der Waals surface area contributed by atoms with Crippen LogP contribution in [-0.4, -0.2) is 0 Å². The number of nitrogens with one attached hydrogen (secondary N) is 1. The van der Waals surface area contributed by atoms with Crippen molar-refractivity contribution in [2.45, 2.75) is 13.0 Å². The highest BCUT2D eigenvalue weighted by atomic mass is 79.9. The van der Waals surface area contributed by atoms with Gasteiger partial charge >= 0.3 is 0 Å². The van der Waals surface area contributed by atoms with Gasteiger partial charge in [-0.1, -0.05) is 33.6 Å². The second-order valence-corrected chi connectivity index (χ2v) is 5.59. The fourth-order valence-electron chi connectivity index (χ4n) is 2.05. The SMILES string of the molecule is Cc1cc(F)ccc1C(NN)c1cc(Br)ccc1Cl. The molecule has 2 aromatic carbocycles. The number of aryl methyl sites for hydroxylation is 1. The molecule has 0 aliphatic heterocycles. The van der Waals surface area contributed by atoms with Gasteiger partial charge in [-0.3, -0.25) is 5.84 Å². The molecule has 0 amide bonds. The van der Waals surface area contributed by atoms with Crippen molar-refractivity contribution in [3.8, 4) is 0 Å². The van der Waals surface area contributed by atoms with E-state index in [2.05, 4.69) is 21.4 Å². The Morgan fingerprint density at radius 1 is 1.21 bits per heavy atom. The summed E-state index contributed by atoms with van der Waals surface area (Å²) >= 11 is 9.62. The molecule has 0 aromatic heterocycles.